The van der Waals surface area contributed by atoms with Crippen molar-refractivity contribution < 1.29 is 0 Å². The van der Waals surface area contributed by atoms with E-state index in [0.29, 0.717) is 12.5 Å². The number of anilines is 2. The number of benzene rings is 1. The summed E-state index contributed by atoms with van der Waals surface area (Å²) in [6.45, 7) is 5.67. The molecule has 148 valence electrons. The molecule has 1 saturated heterocycles. The van der Waals surface area contributed by atoms with E-state index >= 15 is 0 Å². The van der Waals surface area contributed by atoms with Crippen molar-refractivity contribution in [2.24, 2.45) is 0 Å². The molecule has 0 amide bonds. The van der Waals surface area contributed by atoms with Crippen LogP contribution in [0.3, 0.4) is 0 Å². The van der Waals surface area contributed by atoms with Gasteiger partial charge in [-0.3, -0.25) is 9.88 Å². The van der Waals surface area contributed by atoms with Gasteiger partial charge in [0.1, 0.15) is 5.82 Å². The predicted octanol–water partition coefficient (Wildman–Crippen LogP) is 3.32. The van der Waals surface area contributed by atoms with Gasteiger partial charge < -0.3 is 10.2 Å². The van der Waals surface area contributed by atoms with Crippen molar-refractivity contribution in [3.63, 3.8) is 0 Å². The minimum atomic E-state index is 0.660. The number of nitrogens with zero attached hydrogens (tertiary/aromatic N) is 5. The predicted molar refractivity (Wildman–Crippen MR) is 118 cm³/mol. The van der Waals surface area contributed by atoms with Crippen molar-refractivity contribution in [3.8, 4) is 0 Å². The first-order chi connectivity index (χ1) is 14.4. The lowest BCUT2D eigenvalue weighted by atomic mass is 10.2. The van der Waals surface area contributed by atoms with Crippen LogP contribution in [-0.2, 0) is 6.54 Å². The number of hydrogen-bond acceptors (Lipinski definition) is 6. The molecular weight excluding hydrogens is 360 g/mol. The highest BCUT2D eigenvalue weighted by atomic mass is 15.3. The molecule has 0 atom stereocenters. The van der Waals surface area contributed by atoms with Gasteiger partial charge in [0.15, 0.2) is 0 Å². The molecule has 0 aliphatic carbocycles. The molecule has 29 heavy (non-hydrogen) atoms. The highest BCUT2D eigenvalue weighted by Crippen LogP contribution is 2.15. The molecule has 6 heteroatoms. The first-order valence-electron chi connectivity index (χ1n) is 10.0. The topological polar surface area (TPSA) is 57.2 Å². The monoisotopic (exact) mass is 386 g/mol. The average molecular weight is 387 g/mol. The first kappa shape index (κ1) is 19.1. The zero-order valence-corrected chi connectivity index (χ0v) is 16.5. The number of rotatable bonds is 7. The van der Waals surface area contributed by atoms with Gasteiger partial charge >= 0.3 is 0 Å². The molecule has 1 aromatic carbocycles. The highest BCUT2D eigenvalue weighted by Gasteiger charge is 2.17. The number of nitrogens with one attached hydrogen (secondary N) is 1. The summed E-state index contributed by atoms with van der Waals surface area (Å²) in [7, 11) is 0. The zero-order valence-electron chi connectivity index (χ0n) is 16.5. The summed E-state index contributed by atoms with van der Waals surface area (Å²) in [6.07, 6.45) is 9.85. The van der Waals surface area contributed by atoms with Crippen molar-refractivity contribution >= 4 is 17.8 Å². The van der Waals surface area contributed by atoms with E-state index in [0.717, 1.165) is 44.1 Å². The Bertz CT molecular complexity index is 905. The summed E-state index contributed by atoms with van der Waals surface area (Å²) in [4.78, 5) is 17.9. The summed E-state index contributed by atoms with van der Waals surface area (Å²) in [5.41, 5.74) is 2.41. The van der Waals surface area contributed by atoms with Crippen LogP contribution in [-0.4, -0.2) is 52.6 Å². The van der Waals surface area contributed by atoms with Gasteiger partial charge in [-0.15, -0.1) is 0 Å². The Hall–Kier alpha value is -3.25. The Morgan fingerprint density at radius 3 is 2.48 bits per heavy atom. The van der Waals surface area contributed by atoms with Crippen molar-refractivity contribution in [2.75, 3.05) is 42.9 Å². The van der Waals surface area contributed by atoms with Crippen LogP contribution in [0.5, 0.6) is 0 Å². The smallest absolute Gasteiger partial charge is 0.224 e. The van der Waals surface area contributed by atoms with Gasteiger partial charge in [0, 0.05) is 57.9 Å². The highest BCUT2D eigenvalue weighted by molar-refractivity contribution is 5.49. The number of hydrogen-bond donors (Lipinski definition) is 1. The van der Waals surface area contributed by atoms with E-state index in [1.807, 2.05) is 30.5 Å². The van der Waals surface area contributed by atoms with Gasteiger partial charge in [-0.25, -0.2) is 4.98 Å². The average Bonchev–Trinajstić information content (AvgIpc) is 2.80. The van der Waals surface area contributed by atoms with Crippen LogP contribution in [0.15, 0.2) is 73.2 Å². The molecule has 0 radical (unpaired) electrons. The molecule has 6 nitrogen and oxygen atoms in total. The summed E-state index contributed by atoms with van der Waals surface area (Å²) in [5, 5.41) is 3.30. The molecule has 2 aromatic heterocycles. The maximum Gasteiger partial charge on any atom is 0.224 e. The Morgan fingerprint density at radius 1 is 0.897 bits per heavy atom. The van der Waals surface area contributed by atoms with Crippen LogP contribution in [0, 0.1) is 0 Å². The third-order valence-electron chi connectivity index (χ3n) is 5.01. The SMILES string of the molecule is C(=C\c1ccccc1)/CN1CCN(c2ccnc(NCc3ccncc3)n2)CC1. The molecule has 4 rings (SSSR count). The fraction of sp³-hybridized carbons (Fsp3) is 0.261. The van der Waals surface area contributed by atoms with Gasteiger partial charge in [0.2, 0.25) is 5.95 Å². The number of piperazine rings is 1. The summed E-state index contributed by atoms with van der Waals surface area (Å²) in [6, 6.07) is 16.4. The Balaban J connectivity index is 1.26. The number of aromatic nitrogens is 3. The summed E-state index contributed by atoms with van der Waals surface area (Å²) >= 11 is 0. The maximum atomic E-state index is 4.69. The van der Waals surface area contributed by atoms with E-state index in [9.17, 15) is 0 Å². The fourth-order valence-electron chi connectivity index (χ4n) is 3.35. The lowest BCUT2D eigenvalue weighted by molar-refractivity contribution is 0.283. The number of pyridine rings is 1. The molecule has 1 N–H and O–H groups in total. The molecular formula is C23H26N6. The van der Waals surface area contributed by atoms with Gasteiger partial charge in [0.25, 0.3) is 0 Å². The van der Waals surface area contributed by atoms with Crippen LogP contribution < -0.4 is 10.2 Å². The second-order valence-electron chi connectivity index (χ2n) is 7.05. The largest absolute Gasteiger partial charge is 0.354 e. The molecule has 3 aromatic rings. The molecule has 0 unspecified atom stereocenters. The van der Waals surface area contributed by atoms with E-state index < -0.39 is 0 Å². The van der Waals surface area contributed by atoms with E-state index in [1.54, 1.807) is 12.4 Å². The quantitative estimate of drug-likeness (QED) is 0.672. The third-order valence-corrected chi connectivity index (χ3v) is 5.01. The minimum absolute atomic E-state index is 0.660. The third kappa shape index (κ3) is 5.62. The molecule has 3 heterocycles. The first-order valence-corrected chi connectivity index (χ1v) is 10.0. The van der Waals surface area contributed by atoms with E-state index in [4.69, 9.17) is 4.98 Å². The summed E-state index contributed by atoms with van der Waals surface area (Å²) in [5.74, 6) is 1.64. The Labute approximate surface area is 171 Å². The molecule has 0 bridgehead atoms. The second kappa shape index (κ2) is 9.80. The molecule has 0 spiro atoms. The van der Waals surface area contributed by atoms with Crippen molar-refractivity contribution in [3.05, 3.63) is 84.3 Å². The molecule has 1 aliphatic rings. The van der Waals surface area contributed by atoms with E-state index in [1.165, 1.54) is 5.56 Å². The van der Waals surface area contributed by atoms with Gasteiger partial charge in [0.05, 0.1) is 0 Å². The van der Waals surface area contributed by atoms with Crippen LogP contribution >= 0.6 is 0 Å². The zero-order chi connectivity index (χ0) is 19.7. The van der Waals surface area contributed by atoms with E-state index in [-0.39, 0.29) is 0 Å². The van der Waals surface area contributed by atoms with E-state index in [2.05, 4.69) is 61.5 Å². The standard InChI is InChI=1S/C23H26N6/c1-2-5-20(6-3-1)7-4-14-28-15-17-29(18-16-28)22-10-13-25-23(27-22)26-19-21-8-11-24-12-9-21/h1-13H,14-19H2,(H,25,26,27)/b7-4+. The minimum Gasteiger partial charge on any atom is -0.354 e. The lowest BCUT2D eigenvalue weighted by Gasteiger charge is -2.34. The van der Waals surface area contributed by atoms with Crippen molar-refractivity contribution in [2.45, 2.75) is 6.54 Å². The fourth-order valence-corrected chi connectivity index (χ4v) is 3.35. The van der Waals surface area contributed by atoms with Crippen LogP contribution in [0.1, 0.15) is 11.1 Å². The molecule has 1 aliphatic heterocycles. The van der Waals surface area contributed by atoms with Crippen LogP contribution in [0.25, 0.3) is 6.08 Å². The normalized spacial score (nSPS) is 15.0. The molecule has 1 fully saturated rings. The van der Waals surface area contributed by atoms with Crippen LogP contribution in [0.4, 0.5) is 11.8 Å². The van der Waals surface area contributed by atoms with Gasteiger partial charge in [-0.05, 0) is 29.3 Å². The van der Waals surface area contributed by atoms with Crippen LogP contribution in [0.2, 0.25) is 0 Å². The maximum absolute atomic E-state index is 4.69. The second-order valence-corrected chi connectivity index (χ2v) is 7.05. The van der Waals surface area contributed by atoms with Gasteiger partial charge in [-0.1, -0.05) is 42.5 Å². The van der Waals surface area contributed by atoms with Gasteiger partial charge in [-0.2, -0.15) is 4.98 Å². The van der Waals surface area contributed by atoms with Crippen molar-refractivity contribution in [1.82, 2.24) is 19.9 Å². The Morgan fingerprint density at radius 2 is 1.69 bits per heavy atom. The van der Waals surface area contributed by atoms with Crippen molar-refractivity contribution in [1.29, 1.82) is 0 Å². The molecule has 0 saturated carbocycles. The Kier molecular flexibility index (Phi) is 6.45. The lowest BCUT2D eigenvalue weighted by Crippen LogP contribution is -2.46. The summed E-state index contributed by atoms with van der Waals surface area (Å²) < 4.78 is 0.